The van der Waals surface area contributed by atoms with Gasteiger partial charge in [-0.2, -0.15) is 11.2 Å². The zero-order valence-electron chi connectivity index (χ0n) is 19.6. The van der Waals surface area contributed by atoms with Gasteiger partial charge in [0.05, 0.1) is 17.4 Å². The van der Waals surface area contributed by atoms with Crippen LogP contribution in [0.4, 0.5) is 0 Å². The molecule has 0 aliphatic carbocycles. The Bertz CT molecular complexity index is 2130. The largest absolute Gasteiger partial charge is 2.00 e. The topological polar surface area (TPSA) is 70.1 Å². The molecule has 0 bridgehead atoms. The SMILES string of the molecule is [Pt+2].[c-]1c(Oc2[c-]c3c(cc2)c2ccncc2n3-c2ccccn2)ccc2c1c1nncn1c1ccccc21. The Morgan fingerprint density at radius 2 is 1.53 bits per heavy atom. The van der Waals surface area contributed by atoms with Crippen LogP contribution in [0.15, 0.2) is 97.7 Å². The maximum atomic E-state index is 6.30. The Balaban J connectivity index is 0.00000242. The standard InChI is InChI=1S/C30H16N6O.Pt/c1-2-6-26-22(5-1)21-10-8-19(15-25(21)30-34-33-18-35(26)30)37-20-9-11-23-24-12-14-31-17-28(24)36(27(23)16-20)29-7-3-4-13-32-29;/h1-14,17-18H;/q-2;+2. The van der Waals surface area contributed by atoms with E-state index < -0.39 is 0 Å². The summed E-state index contributed by atoms with van der Waals surface area (Å²) >= 11 is 0. The van der Waals surface area contributed by atoms with Gasteiger partial charge in [-0.25, -0.2) is 4.98 Å². The molecule has 3 aromatic carbocycles. The molecule has 5 aromatic heterocycles. The second-order valence-corrected chi connectivity index (χ2v) is 8.76. The van der Waals surface area contributed by atoms with Crippen LogP contribution in [0.2, 0.25) is 0 Å². The molecule has 182 valence electrons. The Hall–Kier alpha value is -4.61. The Labute approximate surface area is 230 Å². The molecule has 0 spiro atoms. The Morgan fingerprint density at radius 1 is 0.711 bits per heavy atom. The summed E-state index contributed by atoms with van der Waals surface area (Å²) in [5.41, 5.74) is 3.61. The van der Waals surface area contributed by atoms with Gasteiger partial charge in [0, 0.05) is 29.4 Å². The van der Waals surface area contributed by atoms with E-state index in [1.54, 1.807) is 18.7 Å². The number of fused-ring (bicyclic) bond motifs is 9. The van der Waals surface area contributed by atoms with Gasteiger partial charge in [0.15, 0.2) is 0 Å². The molecular weight excluding hydrogens is 655 g/mol. The van der Waals surface area contributed by atoms with Crippen LogP contribution in [0.1, 0.15) is 0 Å². The van der Waals surface area contributed by atoms with Gasteiger partial charge in [0.25, 0.3) is 0 Å². The molecule has 0 saturated heterocycles. The summed E-state index contributed by atoms with van der Waals surface area (Å²) in [7, 11) is 0. The minimum atomic E-state index is 0. The van der Waals surface area contributed by atoms with Crippen molar-refractivity contribution >= 4 is 49.1 Å². The third-order valence-corrected chi connectivity index (χ3v) is 6.70. The third-order valence-electron chi connectivity index (χ3n) is 6.70. The molecule has 0 radical (unpaired) electrons. The van der Waals surface area contributed by atoms with E-state index in [2.05, 4.69) is 49.0 Å². The summed E-state index contributed by atoms with van der Waals surface area (Å²) in [6, 6.07) is 30.9. The van der Waals surface area contributed by atoms with Gasteiger partial charge in [0.2, 0.25) is 0 Å². The summed E-state index contributed by atoms with van der Waals surface area (Å²) in [6.07, 6.45) is 7.16. The van der Waals surface area contributed by atoms with Gasteiger partial charge in [-0.1, -0.05) is 46.6 Å². The van der Waals surface area contributed by atoms with Crippen LogP contribution >= 0.6 is 0 Å². The fourth-order valence-corrected chi connectivity index (χ4v) is 5.10. The number of rotatable bonds is 3. The van der Waals surface area contributed by atoms with Crippen molar-refractivity contribution in [1.29, 1.82) is 0 Å². The first-order valence-electron chi connectivity index (χ1n) is 11.8. The van der Waals surface area contributed by atoms with E-state index in [4.69, 9.17) is 4.74 Å². The number of para-hydroxylation sites is 1. The molecule has 0 unspecified atom stereocenters. The van der Waals surface area contributed by atoms with E-state index in [-0.39, 0.29) is 21.1 Å². The van der Waals surface area contributed by atoms with Crippen molar-refractivity contribution in [3.63, 3.8) is 0 Å². The van der Waals surface area contributed by atoms with Gasteiger partial charge in [0.1, 0.15) is 12.1 Å². The molecule has 5 heterocycles. The molecule has 38 heavy (non-hydrogen) atoms. The summed E-state index contributed by atoms with van der Waals surface area (Å²) in [5.74, 6) is 1.95. The Kier molecular flexibility index (Phi) is 5.20. The molecule has 0 aliphatic heterocycles. The van der Waals surface area contributed by atoms with E-state index in [0.29, 0.717) is 11.5 Å². The summed E-state index contributed by atoms with van der Waals surface area (Å²) in [5, 5.41) is 13.6. The van der Waals surface area contributed by atoms with Crippen molar-refractivity contribution in [2.45, 2.75) is 0 Å². The van der Waals surface area contributed by atoms with Crippen molar-refractivity contribution in [2.75, 3.05) is 0 Å². The first-order chi connectivity index (χ1) is 18.3. The van der Waals surface area contributed by atoms with Crippen LogP contribution in [-0.2, 0) is 21.1 Å². The molecule has 8 heteroatoms. The summed E-state index contributed by atoms with van der Waals surface area (Å²) in [6.45, 7) is 0. The fraction of sp³-hybridized carbons (Fsp3) is 0. The second-order valence-electron chi connectivity index (χ2n) is 8.76. The average molecular weight is 672 g/mol. The summed E-state index contributed by atoms with van der Waals surface area (Å²) in [4.78, 5) is 8.91. The molecule has 0 saturated carbocycles. The molecule has 7 nitrogen and oxygen atoms in total. The first kappa shape index (κ1) is 22.6. The zero-order chi connectivity index (χ0) is 24.3. The molecule has 0 aliphatic rings. The van der Waals surface area contributed by atoms with Crippen LogP contribution in [0, 0.1) is 12.1 Å². The van der Waals surface area contributed by atoms with Crippen LogP contribution in [0.25, 0.3) is 54.9 Å². The monoisotopic (exact) mass is 671 g/mol. The van der Waals surface area contributed by atoms with Gasteiger partial charge >= 0.3 is 21.1 Å². The maximum Gasteiger partial charge on any atom is 2.00 e. The normalized spacial score (nSPS) is 11.5. The van der Waals surface area contributed by atoms with Crippen molar-refractivity contribution in [2.24, 2.45) is 0 Å². The Morgan fingerprint density at radius 3 is 2.42 bits per heavy atom. The smallest absolute Gasteiger partial charge is 0.503 e. The summed E-state index contributed by atoms with van der Waals surface area (Å²) < 4.78 is 10.3. The van der Waals surface area contributed by atoms with Crippen LogP contribution < -0.4 is 4.74 Å². The number of nitrogens with zero attached hydrogens (tertiary/aromatic N) is 6. The zero-order valence-corrected chi connectivity index (χ0v) is 21.9. The van der Waals surface area contributed by atoms with E-state index >= 15 is 0 Å². The number of pyridine rings is 3. The van der Waals surface area contributed by atoms with E-state index in [0.717, 1.165) is 54.9 Å². The number of aromatic nitrogens is 6. The molecule has 0 fully saturated rings. The number of benzene rings is 3. The number of ether oxygens (including phenoxy) is 1. The van der Waals surface area contributed by atoms with Gasteiger partial charge in [-0.3, -0.25) is 4.98 Å². The van der Waals surface area contributed by atoms with Crippen molar-refractivity contribution in [3.8, 4) is 17.3 Å². The van der Waals surface area contributed by atoms with Crippen LogP contribution in [-0.4, -0.2) is 29.1 Å². The van der Waals surface area contributed by atoms with E-state index in [9.17, 15) is 0 Å². The first-order valence-corrected chi connectivity index (χ1v) is 11.8. The van der Waals surface area contributed by atoms with E-state index in [1.165, 1.54) is 0 Å². The quantitative estimate of drug-likeness (QED) is 0.163. The predicted octanol–water partition coefficient (Wildman–Crippen LogP) is 6.31. The molecule has 0 amide bonds. The van der Waals surface area contributed by atoms with E-state index in [1.807, 2.05) is 71.3 Å². The van der Waals surface area contributed by atoms with Crippen molar-refractivity contribution in [3.05, 3.63) is 110 Å². The molecular formula is C30H16N6OPt. The number of hydrogen-bond acceptors (Lipinski definition) is 5. The maximum absolute atomic E-state index is 6.30. The van der Waals surface area contributed by atoms with Crippen LogP contribution in [0.3, 0.4) is 0 Å². The van der Waals surface area contributed by atoms with Crippen molar-refractivity contribution in [1.82, 2.24) is 29.1 Å². The average Bonchev–Trinajstić information content (AvgIpc) is 3.57. The minimum Gasteiger partial charge on any atom is -0.503 e. The van der Waals surface area contributed by atoms with Crippen molar-refractivity contribution < 1.29 is 25.8 Å². The minimum absolute atomic E-state index is 0. The third kappa shape index (κ3) is 3.32. The molecule has 8 aromatic rings. The fourth-order valence-electron chi connectivity index (χ4n) is 5.10. The molecule has 0 N–H and O–H groups in total. The van der Waals surface area contributed by atoms with Gasteiger partial charge in [-0.05, 0) is 35.0 Å². The molecule has 0 atom stereocenters. The molecule has 8 rings (SSSR count). The van der Waals surface area contributed by atoms with Gasteiger partial charge in [-0.15, -0.1) is 34.8 Å². The number of hydrogen-bond donors (Lipinski definition) is 0. The predicted molar refractivity (Wildman–Crippen MR) is 142 cm³/mol. The second kappa shape index (κ2) is 8.75. The van der Waals surface area contributed by atoms with Gasteiger partial charge < -0.3 is 13.7 Å². The van der Waals surface area contributed by atoms with Crippen LogP contribution in [0.5, 0.6) is 11.5 Å².